The minimum atomic E-state index is -5.08. The van der Waals surface area contributed by atoms with E-state index in [9.17, 15) is 36.3 Å². The molecule has 0 spiro atoms. The molecule has 4 heterocycles. The van der Waals surface area contributed by atoms with Crippen LogP contribution in [0.3, 0.4) is 0 Å². The fourth-order valence-electron chi connectivity index (χ4n) is 4.47. The second-order valence-corrected chi connectivity index (χ2v) is 9.33. The van der Waals surface area contributed by atoms with Crippen molar-refractivity contribution in [1.29, 1.82) is 0 Å². The van der Waals surface area contributed by atoms with E-state index in [1.165, 1.54) is 4.90 Å². The minimum absolute atomic E-state index is 0.149. The summed E-state index contributed by atoms with van der Waals surface area (Å²) in [5.74, 6) is -6.34. The van der Waals surface area contributed by atoms with Gasteiger partial charge in [0.1, 0.15) is 6.04 Å². The Morgan fingerprint density at radius 2 is 1.82 bits per heavy atom. The molecule has 3 amide bonds. The third-order valence-electron chi connectivity index (χ3n) is 6.53. The molecule has 1 aromatic heterocycles. The van der Waals surface area contributed by atoms with Crippen LogP contribution in [0.2, 0.25) is 0 Å². The first kappa shape index (κ1) is 28.1. The van der Waals surface area contributed by atoms with E-state index in [1.54, 1.807) is 23.0 Å². The number of halogens is 5. The Morgan fingerprint density at radius 1 is 1.15 bits per heavy atom. The number of alkyl halides is 5. The van der Waals surface area contributed by atoms with Gasteiger partial charge in [0, 0.05) is 51.0 Å². The summed E-state index contributed by atoms with van der Waals surface area (Å²) < 4.78 is 60.0. The summed E-state index contributed by atoms with van der Waals surface area (Å²) >= 11 is 0. The van der Waals surface area contributed by atoms with Gasteiger partial charge in [-0.2, -0.15) is 13.2 Å². The van der Waals surface area contributed by atoms with Crippen LogP contribution in [0.15, 0.2) is 24.4 Å². The van der Waals surface area contributed by atoms with Gasteiger partial charge >= 0.3 is 12.1 Å². The summed E-state index contributed by atoms with van der Waals surface area (Å²) in [5.41, 5.74) is 2.68. The highest BCUT2D eigenvalue weighted by molar-refractivity contribution is 6.05. The molecule has 5 rings (SSSR count). The highest BCUT2D eigenvalue weighted by Crippen LogP contribution is 2.30. The number of aromatic nitrogens is 3. The van der Waals surface area contributed by atoms with Crippen molar-refractivity contribution in [2.45, 2.75) is 56.9 Å². The van der Waals surface area contributed by atoms with Gasteiger partial charge in [0.15, 0.2) is 0 Å². The van der Waals surface area contributed by atoms with Crippen molar-refractivity contribution >= 4 is 23.7 Å². The number of carboxylic acids is 1. The van der Waals surface area contributed by atoms with Crippen molar-refractivity contribution in [3.05, 3.63) is 41.2 Å². The summed E-state index contributed by atoms with van der Waals surface area (Å²) in [6.45, 7) is 1.36. The molecule has 0 saturated carbocycles. The lowest BCUT2D eigenvalue weighted by molar-refractivity contribution is -0.192. The average molecular weight is 558 g/mol. The van der Waals surface area contributed by atoms with Crippen LogP contribution >= 0.6 is 0 Å². The molecule has 39 heavy (non-hydrogen) atoms. The minimum Gasteiger partial charge on any atom is -0.475 e. The van der Waals surface area contributed by atoms with E-state index in [2.05, 4.69) is 15.6 Å². The number of carbonyl (C=O) groups excluding carboxylic acids is 3. The van der Waals surface area contributed by atoms with Crippen LogP contribution < -0.4 is 5.32 Å². The van der Waals surface area contributed by atoms with Crippen molar-refractivity contribution < 1.29 is 46.2 Å². The van der Waals surface area contributed by atoms with Gasteiger partial charge in [-0.3, -0.25) is 24.6 Å². The molecule has 0 radical (unpaired) electrons. The van der Waals surface area contributed by atoms with Crippen molar-refractivity contribution in [2.75, 3.05) is 13.1 Å². The first-order chi connectivity index (χ1) is 18.2. The topological polar surface area (TPSA) is 138 Å². The van der Waals surface area contributed by atoms with Crippen LogP contribution in [0.1, 0.15) is 47.3 Å². The average Bonchev–Trinajstić information content (AvgIpc) is 3.44. The predicted octanol–water partition coefficient (Wildman–Crippen LogP) is 1.89. The molecule has 210 valence electrons. The normalized spacial score (nSPS) is 21.2. The van der Waals surface area contributed by atoms with Gasteiger partial charge in [0.2, 0.25) is 11.8 Å². The van der Waals surface area contributed by atoms with Crippen LogP contribution in [0.4, 0.5) is 22.0 Å². The summed E-state index contributed by atoms with van der Waals surface area (Å²) in [7, 11) is 0. The monoisotopic (exact) mass is 558 g/mol. The van der Waals surface area contributed by atoms with Crippen LogP contribution in [-0.4, -0.2) is 84.8 Å². The highest BCUT2D eigenvalue weighted by atomic mass is 19.4. The number of rotatable bonds is 4. The number of carboxylic acid groups (broad SMARTS) is 1. The highest BCUT2D eigenvalue weighted by Gasteiger charge is 2.40. The zero-order valence-electron chi connectivity index (χ0n) is 20.2. The van der Waals surface area contributed by atoms with E-state index in [4.69, 9.17) is 9.90 Å². The smallest absolute Gasteiger partial charge is 0.475 e. The standard InChI is InChI=1S/C21H22F2N6O3.C2HF3O2/c22-21(23)5-7-27(8-6-21)11-14-12-29(26-25-14)15-1-2-16-13(9-15)10-28(20(16)32)17-3-4-18(30)24-19(17)31;3-2(4,5)1(6)7/h1-2,9,12,17H,3-8,10-11H2,(H,24,30,31);(H,6,7). The Kier molecular flexibility index (Phi) is 7.68. The number of likely N-dealkylation sites (tertiary alicyclic amines) is 1. The van der Waals surface area contributed by atoms with E-state index in [-0.39, 0.29) is 37.6 Å². The molecule has 0 bridgehead atoms. The largest absolute Gasteiger partial charge is 0.490 e. The van der Waals surface area contributed by atoms with Crippen LogP contribution in [-0.2, 0) is 27.5 Å². The maximum Gasteiger partial charge on any atom is 0.490 e. The predicted molar refractivity (Wildman–Crippen MR) is 121 cm³/mol. The Hall–Kier alpha value is -3.95. The van der Waals surface area contributed by atoms with Gasteiger partial charge in [-0.25, -0.2) is 18.3 Å². The molecule has 1 aromatic carbocycles. The lowest BCUT2D eigenvalue weighted by atomic mass is 10.0. The van der Waals surface area contributed by atoms with Gasteiger partial charge in [-0.05, 0) is 30.2 Å². The van der Waals surface area contributed by atoms with Gasteiger partial charge in [-0.1, -0.05) is 5.21 Å². The SMILES string of the molecule is O=C(O)C(F)(F)F.O=C1CCC(N2Cc3cc(-n4cc(CN5CCC(F)(F)CC5)nn4)ccc3C2=O)C(=O)N1. The van der Waals surface area contributed by atoms with Crippen molar-refractivity contribution in [3.8, 4) is 5.69 Å². The van der Waals surface area contributed by atoms with Gasteiger partial charge in [-0.15, -0.1) is 5.10 Å². The number of aliphatic carboxylic acids is 1. The maximum absolute atomic E-state index is 13.3. The molecule has 1 unspecified atom stereocenters. The molecule has 2 saturated heterocycles. The number of hydrogen-bond acceptors (Lipinski definition) is 7. The lowest BCUT2D eigenvalue weighted by Gasteiger charge is -2.30. The Labute approximate surface area is 217 Å². The first-order valence-corrected chi connectivity index (χ1v) is 11.8. The van der Waals surface area contributed by atoms with Gasteiger partial charge < -0.3 is 10.0 Å². The number of nitrogens with zero attached hydrogens (tertiary/aromatic N) is 5. The number of amides is 3. The number of benzene rings is 1. The molecule has 2 fully saturated rings. The van der Waals surface area contributed by atoms with Gasteiger partial charge in [0.25, 0.3) is 11.8 Å². The lowest BCUT2D eigenvalue weighted by Crippen LogP contribution is -2.52. The molecule has 3 aliphatic heterocycles. The van der Waals surface area contributed by atoms with Crippen LogP contribution in [0.25, 0.3) is 5.69 Å². The Balaban J connectivity index is 0.000000448. The Morgan fingerprint density at radius 3 is 2.44 bits per heavy atom. The number of imide groups is 1. The summed E-state index contributed by atoms with van der Waals surface area (Å²) in [4.78, 5) is 48.7. The van der Waals surface area contributed by atoms with E-state index in [0.29, 0.717) is 43.0 Å². The summed E-state index contributed by atoms with van der Waals surface area (Å²) in [6, 6.07) is 4.63. The fraction of sp³-hybridized carbons (Fsp3) is 0.478. The molecule has 11 nitrogen and oxygen atoms in total. The van der Waals surface area contributed by atoms with Gasteiger partial charge in [0.05, 0.1) is 17.6 Å². The first-order valence-electron chi connectivity index (χ1n) is 11.8. The second kappa shape index (κ2) is 10.7. The molecule has 0 aliphatic carbocycles. The zero-order chi connectivity index (χ0) is 28.5. The number of fused-ring (bicyclic) bond motifs is 1. The van der Waals surface area contributed by atoms with E-state index >= 15 is 0 Å². The number of nitrogens with one attached hydrogen (secondary N) is 1. The molecule has 1 atom stereocenters. The number of hydrogen-bond donors (Lipinski definition) is 2. The molecule has 2 N–H and O–H groups in total. The zero-order valence-corrected chi connectivity index (χ0v) is 20.2. The molecular weight excluding hydrogens is 535 g/mol. The fourth-order valence-corrected chi connectivity index (χ4v) is 4.47. The van der Waals surface area contributed by atoms with Crippen LogP contribution in [0, 0.1) is 0 Å². The third-order valence-corrected chi connectivity index (χ3v) is 6.53. The number of carbonyl (C=O) groups is 4. The molecular formula is C23H23F5N6O5. The van der Waals surface area contributed by atoms with E-state index < -0.39 is 30.0 Å². The van der Waals surface area contributed by atoms with Crippen molar-refractivity contribution in [3.63, 3.8) is 0 Å². The molecule has 16 heteroatoms. The van der Waals surface area contributed by atoms with E-state index in [1.807, 2.05) is 11.0 Å². The van der Waals surface area contributed by atoms with Crippen molar-refractivity contribution in [1.82, 2.24) is 30.1 Å². The molecule has 3 aliphatic rings. The summed E-state index contributed by atoms with van der Waals surface area (Å²) in [6.07, 6.45) is -3.11. The Bertz CT molecular complexity index is 1290. The number of piperidine rings is 2. The van der Waals surface area contributed by atoms with E-state index in [0.717, 1.165) is 5.56 Å². The molecule has 2 aromatic rings. The van der Waals surface area contributed by atoms with Crippen molar-refractivity contribution in [2.24, 2.45) is 0 Å². The third kappa shape index (κ3) is 6.55. The quantitative estimate of drug-likeness (QED) is 0.429. The summed E-state index contributed by atoms with van der Waals surface area (Å²) in [5, 5.41) is 17.7. The maximum atomic E-state index is 13.3. The van der Waals surface area contributed by atoms with Crippen LogP contribution in [0.5, 0.6) is 0 Å². The second-order valence-electron chi connectivity index (χ2n) is 9.33.